The number of aryl methyl sites for hydroxylation is 1. The van der Waals surface area contributed by atoms with E-state index in [0.29, 0.717) is 11.4 Å². The van der Waals surface area contributed by atoms with Crippen molar-refractivity contribution in [3.05, 3.63) is 70.8 Å². The summed E-state index contributed by atoms with van der Waals surface area (Å²) in [6.45, 7) is 3.30. The molecule has 3 rings (SSSR count). The van der Waals surface area contributed by atoms with Gasteiger partial charge >= 0.3 is 0 Å². The Morgan fingerprint density at radius 1 is 1.12 bits per heavy atom. The lowest BCUT2D eigenvalue weighted by atomic mass is 10.3. The van der Waals surface area contributed by atoms with E-state index in [1.807, 2.05) is 30.3 Å². The molecule has 0 saturated heterocycles. The molecule has 8 heteroatoms. The number of anilines is 1. The molecule has 25 heavy (non-hydrogen) atoms. The zero-order valence-corrected chi connectivity index (χ0v) is 15.1. The molecule has 1 aromatic heterocycles. The van der Waals surface area contributed by atoms with Gasteiger partial charge in [0.05, 0.1) is 27.8 Å². The van der Waals surface area contributed by atoms with Crippen molar-refractivity contribution in [2.24, 2.45) is 0 Å². The third kappa shape index (κ3) is 3.38. The quantitative estimate of drug-likeness (QED) is 0.742. The van der Waals surface area contributed by atoms with Gasteiger partial charge < -0.3 is 0 Å². The molecule has 0 radical (unpaired) electrons. The molecule has 0 unspecified atom stereocenters. The number of nitrogens with one attached hydrogen (secondary N) is 1. The Kier molecular flexibility index (Phi) is 4.53. The van der Waals surface area contributed by atoms with Crippen molar-refractivity contribution in [1.29, 1.82) is 0 Å². The molecule has 0 amide bonds. The number of benzene rings is 2. The van der Waals surface area contributed by atoms with Gasteiger partial charge in [-0.25, -0.2) is 17.5 Å². The number of sulfonamides is 1. The van der Waals surface area contributed by atoms with Crippen LogP contribution in [0.4, 0.5) is 10.1 Å². The second kappa shape index (κ2) is 6.50. The predicted molar refractivity (Wildman–Crippen MR) is 95.3 cm³/mol. The van der Waals surface area contributed by atoms with Crippen LogP contribution >= 0.6 is 11.6 Å². The molecule has 0 atom stereocenters. The molecule has 2 aromatic carbocycles. The van der Waals surface area contributed by atoms with Crippen LogP contribution in [0.15, 0.2) is 53.4 Å². The van der Waals surface area contributed by atoms with E-state index in [1.165, 1.54) is 12.1 Å². The van der Waals surface area contributed by atoms with Gasteiger partial charge in [-0.2, -0.15) is 5.10 Å². The summed E-state index contributed by atoms with van der Waals surface area (Å²) >= 11 is 5.71. The highest BCUT2D eigenvalue weighted by Gasteiger charge is 2.25. The largest absolute Gasteiger partial charge is 0.279 e. The number of rotatable bonds is 4. The fourth-order valence-electron chi connectivity index (χ4n) is 2.60. The molecule has 0 saturated carbocycles. The summed E-state index contributed by atoms with van der Waals surface area (Å²) in [5.74, 6) is -0.617. The third-order valence-electron chi connectivity index (χ3n) is 3.67. The zero-order valence-electron chi connectivity index (χ0n) is 13.5. The molecule has 0 bridgehead atoms. The Morgan fingerprint density at radius 3 is 2.44 bits per heavy atom. The predicted octanol–water partition coefficient (Wildman–Crippen LogP) is 4.08. The molecule has 0 aliphatic heterocycles. The van der Waals surface area contributed by atoms with Crippen molar-refractivity contribution in [2.45, 2.75) is 18.7 Å². The first-order valence-corrected chi connectivity index (χ1v) is 9.25. The lowest BCUT2D eigenvalue weighted by Gasteiger charge is -2.09. The number of nitrogens with zero attached hydrogens (tertiary/aromatic N) is 2. The Morgan fingerprint density at radius 2 is 1.80 bits per heavy atom. The van der Waals surface area contributed by atoms with E-state index in [-0.39, 0.29) is 15.6 Å². The van der Waals surface area contributed by atoms with Gasteiger partial charge in [-0.1, -0.05) is 29.8 Å². The fraction of sp³-hybridized carbons (Fsp3) is 0.118. The third-order valence-corrected chi connectivity index (χ3v) is 5.59. The Labute approximate surface area is 150 Å². The number of aromatic nitrogens is 2. The van der Waals surface area contributed by atoms with Gasteiger partial charge in [0.1, 0.15) is 10.7 Å². The second-order valence-corrected chi connectivity index (χ2v) is 7.51. The summed E-state index contributed by atoms with van der Waals surface area (Å²) in [4.78, 5) is 0.0804. The van der Waals surface area contributed by atoms with Crippen molar-refractivity contribution >= 4 is 27.3 Å². The van der Waals surface area contributed by atoms with Crippen molar-refractivity contribution in [3.63, 3.8) is 0 Å². The van der Waals surface area contributed by atoms with Gasteiger partial charge in [0, 0.05) is 0 Å². The van der Waals surface area contributed by atoms with Crippen LogP contribution in [-0.2, 0) is 10.0 Å². The minimum Gasteiger partial charge on any atom is -0.279 e. The van der Waals surface area contributed by atoms with E-state index in [9.17, 15) is 12.8 Å². The summed E-state index contributed by atoms with van der Waals surface area (Å²) < 4.78 is 42.8. The molecule has 5 nitrogen and oxygen atoms in total. The Hall–Kier alpha value is -2.38. The maximum Gasteiger partial charge on any atom is 0.265 e. The van der Waals surface area contributed by atoms with Crippen molar-refractivity contribution < 1.29 is 12.8 Å². The summed E-state index contributed by atoms with van der Waals surface area (Å²) in [7, 11) is -3.91. The highest BCUT2D eigenvalue weighted by atomic mass is 35.5. The molecule has 130 valence electrons. The van der Waals surface area contributed by atoms with Crippen LogP contribution in [0.3, 0.4) is 0 Å². The highest BCUT2D eigenvalue weighted by molar-refractivity contribution is 7.92. The minimum absolute atomic E-state index is 0.0804. The van der Waals surface area contributed by atoms with Gasteiger partial charge in [0.25, 0.3) is 10.0 Å². The smallest absolute Gasteiger partial charge is 0.265 e. The van der Waals surface area contributed by atoms with Gasteiger partial charge in [-0.3, -0.25) is 4.72 Å². The first kappa shape index (κ1) is 17.4. The van der Waals surface area contributed by atoms with E-state index >= 15 is 0 Å². The Bertz CT molecular complexity index is 1030. The van der Waals surface area contributed by atoms with Crippen molar-refractivity contribution in [1.82, 2.24) is 9.78 Å². The lowest BCUT2D eigenvalue weighted by molar-refractivity contribution is 0.599. The molecule has 0 aliphatic rings. The topological polar surface area (TPSA) is 64.0 Å². The summed E-state index contributed by atoms with van der Waals surface area (Å²) in [5, 5.41) is 4.17. The molecule has 0 aliphatic carbocycles. The van der Waals surface area contributed by atoms with E-state index in [0.717, 1.165) is 11.8 Å². The van der Waals surface area contributed by atoms with E-state index in [1.54, 1.807) is 18.5 Å². The SMILES string of the molecule is Cc1nn(-c2ccccc2)c(C)c1S(=O)(=O)Nc1ccc(F)c(Cl)c1. The molecule has 3 aromatic rings. The zero-order chi connectivity index (χ0) is 18.2. The first-order chi connectivity index (χ1) is 11.8. The van der Waals surface area contributed by atoms with Crippen LogP contribution in [0.2, 0.25) is 5.02 Å². The van der Waals surface area contributed by atoms with Crippen molar-refractivity contribution in [2.75, 3.05) is 4.72 Å². The average Bonchev–Trinajstić information content (AvgIpc) is 2.87. The molecule has 1 N–H and O–H groups in total. The maximum absolute atomic E-state index is 13.3. The molecule has 0 fully saturated rings. The van der Waals surface area contributed by atoms with Crippen LogP contribution in [0.1, 0.15) is 11.4 Å². The molecular weight excluding hydrogens is 365 g/mol. The summed E-state index contributed by atoms with van der Waals surface area (Å²) in [6.07, 6.45) is 0. The monoisotopic (exact) mass is 379 g/mol. The van der Waals surface area contributed by atoms with E-state index in [2.05, 4.69) is 9.82 Å². The first-order valence-electron chi connectivity index (χ1n) is 7.39. The minimum atomic E-state index is -3.91. The molecule has 0 spiro atoms. The van der Waals surface area contributed by atoms with Crippen LogP contribution in [0.25, 0.3) is 5.69 Å². The average molecular weight is 380 g/mol. The summed E-state index contributed by atoms with van der Waals surface area (Å²) in [5.41, 5.74) is 1.78. The summed E-state index contributed by atoms with van der Waals surface area (Å²) in [6, 6.07) is 12.9. The molecule has 1 heterocycles. The van der Waals surface area contributed by atoms with Gasteiger partial charge in [-0.15, -0.1) is 0 Å². The van der Waals surface area contributed by atoms with Gasteiger partial charge in [-0.05, 0) is 44.2 Å². The van der Waals surface area contributed by atoms with Crippen LogP contribution in [0, 0.1) is 19.7 Å². The lowest BCUT2D eigenvalue weighted by Crippen LogP contribution is -2.15. The normalized spacial score (nSPS) is 11.5. The van der Waals surface area contributed by atoms with E-state index < -0.39 is 15.8 Å². The van der Waals surface area contributed by atoms with Gasteiger partial charge in [0.15, 0.2) is 0 Å². The van der Waals surface area contributed by atoms with Crippen LogP contribution < -0.4 is 4.72 Å². The van der Waals surface area contributed by atoms with E-state index in [4.69, 9.17) is 11.6 Å². The number of para-hydroxylation sites is 1. The Balaban J connectivity index is 2.03. The maximum atomic E-state index is 13.3. The second-order valence-electron chi connectivity index (χ2n) is 5.48. The highest BCUT2D eigenvalue weighted by Crippen LogP contribution is 2.26. The number of halogens is 2. The number of hydrogen-bond acceptors (Lipinski definition) is 3. The van der Waals surface area contributed by atoms with Crippen LogP contribution in [0.5, 0.6) is 0 Å². The molecular formula is C17H15ClFN3O2S. The van der Waals surface area contributed by atoms with Gasteiger partial charge in [0.2, 0.25) is 0 Å². The van der Waals surface area contributed by atoms with Crippen LogP contribution in [-0.4, -0.2) is 18.2 Å². The fourth-order valence-corrected chi connectivity index (χ4v) is 4.23. The standard InChI is InChI=1S/C17H15ClFN3O2S/c1-11-17(12(2)22(20-11)14-6-4-3-5-7-14)25(23,24)21-13-8-9-16(19)15(18)10-13/h3-10,21H,1-2H3. The van der Waals surface area contributed by atoms with Crippen molar-refractivity contribution in [3.8, 4) is 5.69 Å². The number of hydrogen-bond donors (Lipinski definition) is 1.